The Morgan fingerprint density at radius 3 is 3.00 bits per heavy atom. The summed E-state index contributed by atoms with van der Waals surface area (Å²) in [5, 5.41) is 1.10. The van der Waals surface area contributed by atoms with Crippen LogP contribution in [0.1, 0.15) is 12.8 Å². The molecule has 1 aliphatic heterocycles. The smallest absolute Gasteiger partial charge is 0.145 e. The summed E-state index contributed by atoms with van der Waals surface area (Å²) >= 11 is 0. The van der Waals surface area contributed by atoms with Gasteiger partial charge in [0.05, 0.1) is 12.8 Å². The minimum Gasteiger partial charge on any atom is -0.491 e. The van der Waals surface area contributed by atoms with Crippen molar-refractivity contribution in [3.8, 4) is 5.75 Å². The number of hydrazine groups is 1. The van der Waals surface area contributed by atoms with E-state index in [9.17, 15) is 0 Å². The van der Waals surface area contributed by atoms with Gasteiger partial charge >= 0.3 is 0 Å². The maximum absolute atomic E-state index is 5.85. The third-order valence-corrected chi connectivity index (χ3v) is 3.33. The molecule has 5 nitrogen and oxygen atoms in total. The molecule has 0 aliphatic carbocycles. The van der Waals surface area contributed by atoms with Crippen molar-refractivity contribution in [3.05, 3.63) is 36.5 Å². The minimum absolute atomic E-state index is 0.0456. The maximum atomic E-state index is 5.85. The molecule has 2 aromatic rings. The van der Waals surface area contributed by atoms with Crippen LogP contribution in [0, 0.1) is 0 Å². The monoisotopic (exact) mass is 258 g/mol. The second-order valence-electron chi connectivity index (χ2n) is 4.80. The van der Waals surface area contributed by atoms with E-state index in [2.05, 4.69) is 15.8 Å². The lowest BCUT2D eigenvalue weighted by molar-refractivity contribution is 0.292. The lowest BCUT2D eigenvalue weighted by Crippen LogP contribution is -2.37. The van der Waals surface area contributed by atoms with Gasteiger partial charge in [0.2, 0.25) is 0 Å². The largest absolute Gasteiger partial charge is 0.491 e. The molecule has 3 rings (SSSR count). The van der Waals surface area contributed by atoms with Gasteiger partial charge in [0.25, 0.3) is 0 Å². The minimum atomic E-state index is 0.0456. The number of nitrogens with two attached hydrogens (primary N) is 1. The van der Waals surface area contributed by atoms with Gasteiger partial charge in [-0.2, -0.15) is 0 Å². The average molecular weight is 258 g/mol. The fraction of sp³-hybridized carbons (Fsp3) is 0.357. The Hall–Kier alpha value is -1.69. The Balaban J connectivity index is 1.62. The van der Waals surface area contributed by atoms with Crippen molar-refractivity contribution in [2.24, 2.45) is 5.73 Å². The summed E-state index contributed by atoms with van der Waals surface area (Å²) in [5.74, 6) is 0.841. The molecule has 19 heavy (non-hydrogen) atoms. The molecule has 1 saturated heterocycles. The van der Waals surface area contributed by atoms with Crippen LogP contribution in [0.5, 0.6) is 5.75 Å². The Morgan fingerprint density at radius 1 is 1.26 bits per heavy atom. The highest BCUT2D eigenvalue weighted by atomic mass is 16.5. The highest BCUT2D eigenvalue weighted by Crippen LogP contribution is 2.23. The van der Waals surface area contributed by atoms with E-state index in [1.165, 1.54) is 0 Å². The molecule has 2 atom stereocenters. The van der Waals surface area contributed by atoms with Crippen LogP contribution in [0.4, 0.5) is 0 Å². The van der Waals surface area contributed by atoms with Gasteiger partial charge < -0.3 is 10.5 Å². The van der Waals surface area contributed by atoms with Crippen molar-refractivity contribution in [2.45, 2.75) is 25.0 Å². The molecule has 2 unspecified atom stereocenters. The van der Waals surface area contributed by atoms with Gasteiger partial charge in [-0.25, -0.2) is 5.43 Å². The number of benzene rings is 1. The molecule has 100 valence electrons. The summed E-state index contributed by atoms with van der Waals surface area (Å²) in [6.07, 6.45) is 3.68. The molecule has 4 N–H and O–H groups in total. The number of rotatable bonds is 4. The van der Waals surface area contributed by atoms with E-state index in [-0.39, 0.29) is 6.17 Å². The van der Waals surface area contributed by atoms with Crippen molar-refractivity contribution in [2.75, 3.05) is 6.61 Å². The van der Waals surface area contributed by atoms with Crippen LogP contribution in [0.2, 0.25) is 0 Å². The summed E-state index contributed by atoms with van der Waals surface area (Å²) in [6.45, 7) is 0.655. The Morgan fingerprint density at radius 2 is 2.16 bits per heavy atom. The molecule has 1 aromatic heterocycles. The normalized spacial score (nSPS) is 22.8. The lowest BCUT2D eigenvalue weighted by Gasteiger charge is -2.11. The number of hydrogen-bond acceptors (Lipinski definition) is 5. The summed E-state index contributed by atoms with van der Waals surface area (Å²) in [7, 11) is 0. The van der Waals surface area contributed by atoms with Gasteiger partial charge in [-0.1, -0.05) is 18.2 Å². The number of para-hydroxylation sites is 1. The fourth-order valence-corrected chi connectivity index (χ4v) is 2.34. The summed E-state index contributed by atoms with van der Waals surface area (Å²) in [4.78, 5) is 4.37. The molecule has 5 heteroatoms. The zero-order valence-corrected chi connectivity index (χ0v) is 10.7. The number of nitrogens with one attached hydrogen (secondary N) is 2. The van der Waals surface area contributed by atoms with E-state index in [0.717, 1.165) is 29.5 Å². The molecule has 0 spiro atoms. The van der Waals surface area contributed by atoms with Gasteiger partial charge in [-0.05, 0) is 25.0 Å². The Kier molecular flexibility index (Phi) is 3.59. The number of aromatic nitrogens is 1. The molecular formula is C14H18N4O. The van der Waals surface area contributed by atoms with Crippen LogP contribution < -0.4 is 21.3 Å². The molecule has 0 amide bonds. The number of fused-ring (bicyclic) bond motifs is 1. The zero-order valence-electron chi connectivity index (χ0n) is 10.7. The first-order valence-corrected chi connectivity index (χ1v) is 6.56. The topological polar surface area (TPSA) is 72.2 Å². The average Bonchev–Trinajstić information content (AvgIpc) is 2.85. The summed E-state index contributed by atoms with van der Waals surface area (Å²) in [5.41, 5.74) is 12.8. The van der Waals surface area contributed by atoms with E-state index in [1.807, 2.05) is 30.3 Å². The number of nitrogens with zero attached hydrogens (tertiary/aromatic N) is 1. The van der Waals surface area contributed by atoms with E-state index < -0.39 is 0 Å². The van der Waals surface area contributed by atoms with Crippen LogP contribution in [0.15, 0.2) is 36.5 Å². The second-order valence-corrected chi connectivity index (χ2v) is 4.80. The van der Waals surface area contributed by atoms with Gasteiger partial charge in [-0.3, -0.25) is 10.4 Å². The molecule has 0 radical (unpaired) electrons. The first-order valence-electron chi connectivity index (χ1n) is 6.56. The molecule has 1 aromatic carbocycles. The fourth-order valence-electron chi connectivity index (χ4n) is 2.34. The van der Waals surface area contributed by atoms with Crippen LogP contribution >= 0.6 is 0 Å². The number of pyridine rings is 1. The Bertz CT molecular complexity index is 555. The van der Waals surface area contributed by atoms with Crippen molar-refractivity contribution in [1.29, 1.82) is 0 Å². The SMILES string of the molecule is NC1CC(CCOc2cccc3cccnc23)NN1. The molecule has 0 bridgehead atoms. The zero-order chi connectivity index (χ0) is 13.1. The van der Waals surface area contributed by atoms with E-state index in [4.69, 9.17) is 10.5 Å². The third kappa shape index (κ3) is 2.84. The van der Waals surface area contributed by atoms with Crippen molar-refractivity contribution in [3.63, 3.8) is 0 Å². The van der Waals surface area contributed by atoms with Crippen LogP contribution in [-0.4, -0.2) is 23.8 Å². The van der Waals surface area contributed by atoms with Gasteiger partial charge in [-0.15, -0.1) is 0 Å². The van der Waals surface area contributed by atoms with E-state index >= 15 is 0 Å². The maximum Gasteiger partial charge on any atom is 0.145 e. The predicted molar refractivity (Wildman–Crippen MR) is 74.5 cm³/mol. The molecule has 1 aliphatic rings. The second kappa shape index (κ2) is 5.52. The third-order valence-electron chi connectivity index (χ3n) is 3.33. The molecule has 2 heterocycles. The summed E-state index contributed by atoms with van der Waals surface area (Å²) < 4.78 is 5.85. The number of hydrogen-bond donors (Lipinski definition) is 3. The predicted octanol–water partition coefficient (Wildman–Crippen LogP) is 1.15. The highest BCUT2D eigenvalue weighted by Gasteiger charge is 2.20. The standard InChI is InChI=1S/C14H18N4O/c15-13-9-11(17-18-13)6-8-19-12-5-1-3-10-4-2-7-16-14(10)12/h1-5,7,11,13,17-18H,6,8-9,15H2. The molecule has 1 fully saturated rings. The first-order chi connectivity index (χ1) is 9.33. The van der Waals surface area contributed by atoms with Crippen LogP contribution in [0.25, 0.3) is 10.9 Å². The molecule has 0 saturated carbocycles. The quantitative estimate of drug-likeness (QED) is 0.767. The van der Waals surface area contributed by atoms with E-state index in [1.54, 1.807) is 6.20 Å². The highest BCUT2D eigenvalue weighted by molar-refractivity contribution is 5.84. The first kappa shape index (κ1) is 12.3. The summed E-state index contributed by atoms with van der Waals surface area (Å²) in [6, 6.07) is 10.3. The van der Waals surface area contributed by atoms with Crippen LogP contribution in [0.3, 0.4) is 0 Å². The number of ether oxygens (including phenoxy) is 1. The van der Waals surface area contributed by atoms with Crippen molar-refractivity contribution >= 4 is 10.9 Å². The van der Waals surface area contributed by atoms with Gasteiger partial charge in [0, 0.05) is 17.6 Å². The van der Waals surface area contributed by atoms with Gasteiger partial charge in [0.1, 0.15) is 11.3 Å². The van der Waals surface area contributed by atoms with Crippen LogP contribution in [-0.2, 0) is 0 Å². The Labute approximate surface area is 112 Å². The van der Waals surface area contributed by atoms with Crippen molar-refractivity contribution in [1.82, 2.24) is 15.8 Å². The van der Waals surface area contributed by atoms with Crippen molar-refractivity contribution < 1.29 is 4.74 Å². The lowest BCUT2D eigenvalue weighted by atomic mass is 10.1. The van der Waals surface area contributed by atoms with Gasteiger partial charge in [0.15, 0.2) is 0 Å². The molecular weight excluding hydrogens is 240 g/mol. The van der Waals surface area contributed by atoms with E-state index in [0.29, 0.717) is 12.6 Å².